The Morgan fingerprint density at radius 2 is 2.25 bits per heavy atom. The number of furan rings is 1. The Labute approximate surface area is 119 Å². The molecule has 1 atom stereocenters. The number of ketones is 1. The van der Waals surface area contributed by atoms with Gasteiger partial charge < -0.3 is 9.73 Å². The molecule has 8 nitrogen and oxygen atoms in total. The summed E-state index contributed by atoms with van der Waals surface area (Å²) in [5.74, 6) is 5.33. The maximum atomic E-state index is 11.8. The summed E-state index contributed by atoms with van der Waals surface area (Å²) in [6.45, 7) is 3.03. The number of nitrogens with one attached hydrogen (secondary N) is 1. The molecule has 1 aromatic heterocycles. The van der Waals surface area contributed by atoms with Crippen LogP contribution in [0, 0.1) is 10.1 Å². The number of thiocarbonyl (C=S) groups is 1. The molecular formula is C11H12N4O4S. The zero-order valence-electron chi connectivity index (χ0n) is 10.7. The highest BCUT2D eigenvalue weighted by Crippen LogP contribution is 2.32. The van der Waals surface area contributed by atoms with Gasteiger partial charge >= 0.3 is 5.88 Å². The maximum Gasteiger partial charge on any atom is 0.433 e. The quantitative estimate of drug-likeness (QED) is 0.369. The monoisotopic (exact) mass is 296 g/mol. The van der Waals surface area contributed by atoms with Crippen LogP contribution in [-0.2, 0) is 4.79 Å². The van der Waals surface area contributed by atoms with Gasteiger partial charge in [0.05, 0.1) is 6.07 Å². The molecule has 0 spiro atoms. The van der Waals surface area contributed by atoms with Gasteiger partial charge in [0.15, 0.2) is 10.9 Å². The molecule has 0 bridgehead atoms. The van der Waals surface area contributed by atoms with Crippen molar-refractivity contribution in [1.29, 1.82) is 0 Å². The Balaban J connectivity index is 2.50. The summed E-state index contributed by atoms with van der Waals surface area (Å²) >= 11 is 5.05. The van der Waals surface area contributed by atoms with E-state index in [1.165, 1.54) is 24.1 Å². The Morgan fingerprint density at radius 1 is 1.60 bits per heavy atom. The number of nitrogens with zero attached hydrogens (tertiary/aromatic N) is 2. The lowest BCUT2D eigenvalue weighted by Gasteiger charge is -2.33. The molecule has 0 radical (unpaired) electrons. The number of hydrogen-bond donors (Lipinski definition) is 2. The maximum absolute atomic E-state index is 11.8. The Bertz CT molecular complexity index is 636. The third-order valence-corrected chi connectivity index (χ3v) is 3.30. The van der Waals surface area contributed by atoms with E-state index in [4.69, 9.17) is 22.5 Å². The van der Waals surface area contributed by atoms with E-state index in [1.807, 2.05) is 0 Å². The molecule has 9 heteroatoms. The second-order valence-electron chi connectivity index (χ2n) is 4.24. The SMILES string of the molecule is CC(=O)C1=C(C)N(N)C(=S)N[C@H]1c1ccc([N+](=O)[O-])o1. The van der Waals surface area contributed by atoms with Crippen LogP contribution < -0.4 is 11.2 Å². The fraction of sp³-hybridized carbons (Fsp3) is 0.273. The van der Waals surface area contributed by atoms with Gasteiger partial charge in [-0.2, -0.15) is 0 Å². The van der Waals surface area contributed by atoms with Crippen molar-refractivity contribution < 1.29 is 14.1 Å². The third-order valence-electron chi connectivity index (χ3n) is 2.98. The van der Waals surface area contributed by atoms with E-state index in [2.05, 4.69) is 5.32 Å². The molecule has 0 aliphatic carbocycles. The Morgan fingerprint density at radius 3 is 2.75 bits per heavy atom. The van der Waals surface area contributed by atoms with Gasteiger partial charge in [-0.3, -0.25) is 19.9 Å². The first-order valence-corrected chi connectivity index (χ1v) is 6.05. The summed E-state index contributed by atoms with van der Waals surface area (Å²) < 4.78 is 5.13. The molecule has 2 heterocycles. The van der Waals surface area contributed by atoms with Crippen molar-refractivity contribution in [1.82, 2.24) is 10.3 Å². The number of nitro groups is 1. The van der Waals surface area contributed by atoms with Crippen molar-refractivity contribution in [2.24, 2.45) is 5.84 Å². The highest BCUT2D eigenvalue weighted by Gasteiger charge is 2.33. The number of carbonyl (C=O) groups is 1. The molecule has 1 aliphatic heterocycles. The average molecular weight is 296 g/mol. The Kier molecular flexibility index (Phi) is 3.55. The van der Waals surface area contributed by atoms with E-state index in [-0.39, 0.29) is 16.7 Å². The molecule has 0 saturated carbocycles. The molecule has 3 N–H and O–H groups in total. The number of hydrazine groups is 1. The highest BCUT2D eigenvalue weighted by atomic mass is 32.1. The van der Waals surface area contributed by atoms with Gasteiger partial charge in [0.2, 0.25) is 0 Å². The van der Waals surface area contributed by atoms with Crippen LogP contribution in [0.1, 0.15) is 25.6 Å². The fourth-order valence-electron chi connectivity index (χ4n) is 2.02. The van der Waals surface area contributed by atoms with Crippen molar-refractivity contribution in [2.45, 2.75) is 19.9 Å². The van der Waals surface area contributed by atoms with Crippen molar-refractivity contribution in [3.8, 4) is 0 Å². The first-order chi connectivity index (χ1) is 9.32. The van der Waals surface area contributed by atoms with Crippen LogP contribution >= 0.6 is 12.2 Å². The van der Waals surface area contributed by atoms with E-state index in [0.29, 0.717) is 11.3 Å². The minimum atomic E-state index is -0.687. The molecule has 0 aromatic carbocycles. The molecule has 0 fully saturated rings. The summed E-state index contributed by atoms with van der Waals surface area (Å²) in [5, 5.41) is 14.9. The van der Waals surface area contributed by atoms with E-state index in [9.17, 15) is 14.9 Å². The van der Waals surface area contributed by atoms with Crippen LogP contribution in [0.4, 0.5) is 5.88 Å². The lowest BCUT2D eigenvalue weighted by Crippen LogP contribution is -2.50. The van der Waals surface area contributed by atoms with E-state index in [1.54, 1.807) is 6.92 Å². The van der Waals surface area contributed by atoms with Crippen molar-refractivity contribution in [2.75, 3.05) is 0 Å². The second kappa shape index (κ2) is 5.02. The first kappa shape index (κ1) is 14.2. The minimum Gasteiger partial charge on any atom is -0.403 e. The number of allylic oxidation sites excluding steroid dienone is 1. The number of nitrogens with two attached hydrogens (primary N) is 1. The predicted octanol–water partition coefficient (Wildman–Crippen LogP) is 1.16. The Hall–Kier alpha value is -2.26. The standard InChI is InChI=1S/C11H12N4O4S/c1-5-9(6(2)16)10(13-11(20)14(5)12)7-3-4-8(19-7)15(17)18/h3-4,10H,12H2,1-2H3,(H,13,20)/t10-/m0/s1. The number of rotatable bonds is 3. The van der Waals surface area contributed by atoms with Crippen LogP contribution in [0.5, 0.6) is 0 Å². The van der Waals surface area contributed by atoms with Crippen LogP contribution in [0.25, 0.3) is 0 Å². The minimum absolute atomic E-state index is 0.205. The second-order valence-corrected chi connectivity index (χ2v) is 4.63. The number of Topliss-reactive ketones (excluding diaryl/α,β-unsaturated/α-hetero) is 1. The molecule has 1 aromatic rings. The molecule has 0 saturated heterocycles. The van der Waals surface area contributed by atoms with Crippen LogP contribution in [0.15, 0.2) is 27.8 Å². The normalized spacial score (nSPS) is 19.1. The summed E-state index contributed by atoms with van der Waals surface area (Å²) in [5.41, 5.74) is 0.829. The van der Waals surface area contributed by atoms with E-state index in [0.717, 1.165) is 0 Å². The molecule has 0 unspecified atom stereocenters. The van der Waals surface area contributed by atoms with Gasteiger partial charge in [0, 0.05) is 11.3 Å². The van der Waals surface area contributed by atoms with Crippen LogP contribution in [-0.4, -0.2) is 20.8 Å². The molecule has 1 aliphatic rings. The first-order valence-electron chi connectivity index (χ1n) is 5.64. The van der Waals surface area contributed by atoms with Gasteiger partial charge in [-0.05, 0) is 32.1 Å². The lowest BCUT2D eigenvalue weighted by molar-refractivity contribution is -0.402. The fourth-order valence-corrected chi connectivity index (χ4v) is 2.28. The molecular weight excluding hydrogens is 284 g/mol. The predicted molar refractivity (Wildman–Crippen MR) is 73.2 cm³/mol. The zero-order valence-corrected chi connectivity index (χ0v) is 11.6. The molecule has 0 amide bonds. The van der Waals surface area contributed by atoms with Gasteiger partial charge in [0.25, 0.3) is 0 Å². The largest absolute Gasteiger partial charge is 0.433 e. The molecule has 106 valence electrons. The van der Waals surface area contributed by atoms with Gasteiger partial charge in [-0.15, -0.1) is 0 Å². The summed E-state index contributed by atoms with van der Waals surface area (Å²) in [7, 11) is 0. The van der Waals surface area contributed by atoms with Crippen LogP contribution in [0.2, 0.25) is 0 Å². The summed E-state index contributed by atoms with van der Waals surface area (Å²) in [6, 6.07) is 1.97. The van der Waals surface area contributed by atoms with Crippen LogP contribution in [0.3, 0.4) is 0 Å². The zero-order chi connectivity index (χ0) is 15.0. The van der Waals surface area contributed by atoms with Gasteiger partial charge in [-0.1, -0.05) is 0 Å². The van der Waals surface area contributed by atoms with E-state index >= 15 is 0 Å². The van der Waals surface area contributed by atoms with Crippen molar-refractivity contribution in [3.05, 3.63) is 39.3 Å². The highest BCUT2D eigenvalue weighted by molar-refractivity contribution is 7.80. The third kappa shape index (κ3) is 2.28. The number of hydrogen-bond acceptors (Lipinski definition) is 6. The summed E-state index contributed by atoms with van der Waals surface area (Å²) in [4.78, 5) is 21.8. The number of carbonyl (C=O) groups excluding carboxylic acids is 1. The molecule has 20 heavy (non-hydrogen) atoms. The lowest BCUT2D eigenvalue weighted by atomic mass is 9.97. The topological polar surface area (TPSA) is 115 Å². The smallest absolute Gasteiger partial charge is 0.403 e. The van der Waals surface area contributed by atoms with Crippen molar-refractivity contribution >= 4 is 29.0 Å². The average Bonchev–Trinajstić information content (AvgIpc) is 2.84. The van der Waals surface area contributed by atoms with Gasteiger partial charge in [0.1, 0.15) is 16.7 Å². The van der Waals surface area contributed by atoms with Gasteiger partial charge in [-0.25, -0.2) is 5.84 Å². The van der Waals surface area contributed by atoms with Crippen molar-refractivity contribution in [3.63, 3.8) is 0 Å². The molecule has 2 rings (SSSR count). The summed E-state index contributed by atoms with van der Waals surface area (Å²) in [6.07, 6.45) is 0. The van der Waals surface area contributed by atoms with E-state index < -0.39 is 16.8 Å².